The van der Waals surface area contributed by atoms with Crippen molar-refractivity contribution in [2.45, 2.75) is 19.6 Å². The molecule has 2 N–H and O–H groups in total. The molecular formula is C20H20F2N2O4. The predicted molar refractivity (Wildman–Crippen MR) is 101 cm³/mol. The molecule has 8 heteroatoms. The number of alkyl halides is 2. The standard InChI is InChI=1S/C20H20F2N2O4/c1-13(23-18(25)11-8-14-6-4-3-5-7-14)19(26)24-15-9-10-16(27-2)17(12-15)28-20(21)22/h3-13,20H,1-2H3,(H,23,25)(H,24,26). The largest absolute Gasteiger partial charge is 0.493 e. The minimum atomic E-state index is -3.03. The van der Waals surface area contributed by atoms with Crippen LogP contribution < -0.4 is 20.1 Å². The average Bonchev–Trinajstić information content (AvgIpc) is 2.67. The summed E-state index contributed by atoms with van der Waals surface area (Å²) in [5, 5.41) is 5.05. The zero-order valence-corrected chi connectivity index (χ0v) is 15.3. The van der Waals surface area contributed by atoms with Gasteiger partial charge in [0.05, 0.1) is 7.11 Å². The van der Waals surface area contributed by atoms with Crippen molar-refractivity contribution in [1.82, 2.24) is 5.32 Å². The van der Waals surface area contributed by atoms with E-state index >= 15 is 0 Å². The summed E-state index contributed by atoms with van der Waals surface area (Å²) >= 11 is 0. The zero-order valence-electron chi connectivity index (χ0n) is 15.3. The van der Waals surface area contributed by atoms with Crippen molar-refractivity contribution in [1.29, 1.82) is 0 Å². The van der Waals surface area contributed by atoms with Crippen LogP contribution in [0, 0.1) is 0 Å². The highest BCUT2D eigenvalue weighted by atomic mass is 19.3. The Labute approximate surface area is 161 Å². The fraction of sp³-hybridized carbons (Fsp3) is 0.200. The highest BCUT2D eigenvalue weighted by Crippen LogP contribution is 2.31. The van der Waals surface area contributed by atoms with Crippen LogP contribution in [0.4, 0.5) is 14.5 Å². The van der Waals surface area contributed by atoms with Crippen LogP contribution in [-0.4, -0.2) is 31.6 Å². The fourth-order valence-electron chi connectivity index (χ4n) is 2.26. The Balaban J connectivity index is 1.96. The Morgan fingerprint density at radius 3 is 2.43 bits per heavy atom. The maximum absolute atomic E-state index is 12.5. The smallest absolute Gasteiger partial charge is 0.387 e. The molecule has 2 rings (SSSR count). The molecule has 0 aliphatic heterocycles. The van der Waals surface area contributed by atoms with Crippen molar-refractivity contribution in [3.05, 3.63) is 60.2 Å². The number of rotatable bonds is 8. The third-order valence-corrected chi connectivity index (χ3v) is 3.63. The van der Waals surface area contributed by atoms with Crippen molar-refractivity contribution < 1.29 is 27.8 Å². The van der Waals surface area contributed by atoms with Crippen LogP contribution in [0.3, 0.4) is 0 Å². The van der Waals surface area contributed by atoms with Gasteiger partial charge in [-0.05, 0) is 30.7 Å². The zero-order chi connectivity index (χ0) is 20.5. The fourth-order valence-corrected chi connectivity index (χ4v) is 2.26. The number of benzene rings is 2. The monoisotopic (exact) mass is 390 g/mol. The molecule has 2 aromatic carbocycles. The lowest BCUT2D eigenvalue weighted by Crippen LogP contribution is -2.40. The van der Waals surface area contributed by atoms with Crippen molar-refractivity contribution in [2.75, 3.05) is 12.4 Å². The Morgan fingerprint density at radius 1 is 1.07 bits per heavy atom. The molecule has 1 unspecified atom stereocenters. The number of carbonyl (C=O) groups is 2. The summed E-state index contributed by atoms with van der Waals surface area (Å²) in [5.74, 6) is -1.07. The third-order valence-electron chi connectivity index (χ3n) is 3.63. The first-order chi connectivity index (χ1) is 13.4. The number of hydrogen-bond donors (Lipinski definition) is 2. The molecule has 0 saturated carbocycles. The van der Waals surface area contributed by atoms with Gasteiger partial charge in [-0.15, -0.1) is 0 Å². The molecule has 148 valence electrons. The lowest BCUT2D eigenvalue weighted by molar-refractivity contribution is -0.123. The summed E-state index contributed by atoms with van der Waals surface area (Å²) in [6.45, 7) is -1.53. The first-order valence-corrected chi connectivity index (χ1v) is 8.36. The van der Waals surface area contributed by atoms with Crippen molar-refractivity contribution in [3.63, 3.8) is 0 Å². The second kappa shape index (κ2) is 10.1. The van der Waals surface area contributed by atoms with E-state index in [1.54, 1.807) is 6.08 Å². The minimum absolute atomic E-state index is 0.102. The summed E-state index contributed by atoms with van der Waals surface area (Å²) < 4.78 is 34.3. The third kappa shape index (κ3) is 6.39. The topological polar surface area (TPSA) is 76.7 Å². The van der Waals surface area contributed by atoms with Crippen LogP contribution >= 0.6 is 0 Å². The van der Waals surface area contributed by atoms with E-state index in [9.17, 15) is 18.4 Å². The van der Waals surface area contributed by atoms with Gasteiger partial charge < -0.3 is 20.1 Å². The van der Waals surface area contributed by atoms with Crippen LogP contribution in [-0.2, 0) is 9.59 Å². The van der Waals surface area contributed by atoms with E-state index in [-0.39, 0.29) is 17.2 Å². The molecule has 0 aromatic heterocycles. The Bertz CT molecular complexity index is 841. The molecule has 0 fully saturated rings. The molecule has 0 spiro atoms. The van der Waals surface area contributed by atoms with Gasteiger partial charge in [0, 0.05) is 17.8 Å². The maximum Gasteiger partial charge on any atom is 0.387 e. The van der Waals surface area contributed by atoms with E-state index < -0.39 is 24.5 Å². The van der Waals surface area contributed by atoms with Gasteiger partial charge in [-0.25, -0.2) is 0 Å². The molecule has 0 radical (unpaired) electrons. The van der Waals surface area contributed by atoms with Crippen LogP contribution in [0.5, 0.6) is 11.5 Å². The van der Waals surface area contributed by atoms with Crippen LogP contribution in [0.1, 0.15) is 12.5 Å². The van der Waals surface area contributed by atoms with E-state index in [1.165, 1.54) is 38.3 Å². The van der Waals surface area contributed by atoms with Gasteiger partial charge in [-0.3, -0.25) is 9.59 Å². The number of ether oxygens (including phenoxy) is 2. The molecular weight excluding hydrogens is 370 g/mol. The summed E-state index contributed by atoms with van der Waals surface area (Å²) in [4.78, 5) is 24.2. The van der Waals surface area contributed by atoms with E-state index in [2.05, 4.69) is 15.4 Å². The second-order valence-electron chi connectivity index (χ2n) is 5.71. The summed E-state index contributed by atoms with van der Waals surface area (Å²) in [7, 11) is 1.31. The second-order valence-corrected chi connectivity index (χ2v) is 5.71. The predicted octanol–water partition coefficient (Wildman–Crippen LogP) is 3.45. The lowest BCUT2D eigenvalue weighted by Gasteiger charge is -2.15. The van der Waals surface area contributed by atoms with Crippen molar-refractivity contribution in [2.24, 2.45) is 0 Å². The number of nitrogens with one attached hydrogen (secondary N) is 2. The number of halogens is 2. The number of anilines is 1. The molecule has 0 saturated heterocycles. The number of methoxy groups -OCH3 is 1. The Hall–Kier alpha value is -3.42. The summed E-state index contributed by atoms with van der Waals surface area (Å²) in [6, 6.07) is 12.4. The number of carbonyl (C=O) groups excluding carboxylic acids is 2. The van der Waals surface area contributed by atoms with Crippen molar-refractivity contribution in [3.8, 4) is 11.5 Å². The Kier molecular flexibility index (Phi) is 7.50. The number of amides is 2. The van der Waals surface area contributed by atoms with E-state index in [0.717, 1.165) is 5.56 Å². The van der Waals surface area contributed by atoms with Gasteiger partial charge >= 0.3 is 6.61 Å². The highest BCUT2D eigenvalue weighted by molar-refractivity contribution is 5.99. The van der Waals surface area contributed by atoms with Gasteiger partial charge in [0.25, 0.3) is 0 Å². The van der Waals surface area contributed by atoms with Gasteiger partial charge in [-0.2, -0.15) is 8.78 Å². The van der Waals surface area contributed by atoms with Gasteiger partial charge in [0.1, 0.15) is 6.04 Å². The van der Waals surface area contributed by atoms with Crippen LogP contribution in [0.15, 0.2) is 54.6 Å². The highest BCUT2D eigenvalue weighted by Gasteiger charge is 2.16. The molecule has 0 bridgehead atoms. The lowest BCUT2D eigenvalue weighted by atomic mass is 10.2. The molecule has 28 heavy (non-hydrogen) atoms. The van der Waals surface area contributed by atoms with E-state index in [0.29, 0.717) is 0 Å². The molecule has 6 nitrogen and oxygen atoms in total. The van der Waals surface area contributed by atoms with Gasteiger partial charge in [0.15, 0.2) is 11.5 Å². The maximum atomic E-state index is 12.5. The van der Waals surface area contributed by atoms with E-state index in [4.69, 9.17) is 4.74 Å². The Morgan fingerprint density at radius 2 is 1.79 bits per heavy atom. The quantitative estimate of drug-likeness (QED) is 0.677. The van der Waals surface area contributed by atoms with Crippen LogP contribution in [0.25, 0.3) is 6.08 Å². The summed E-state index contributed by atoms with van der Waals surface area (Å²) in [5.41, 5.74) is 1.07. The van der Waals surface area contributed by atoms with Gasteiger partial charge in [-0.1, -0.05) is 30.3 Å². The van der Waals surface area contributed by atoms with Crippen molar-refractivity contribution >= 4 is 23.6 Å². The first kappa shape index (κ1) is 20.9. The first-order valence-electron chi connectivity index (χ1n) is 8.36. The molecule has 0 aliphatic rings. The average molecular weight is 390 g/mol. The van der Waals surface area contributed by atoms with Crippen LogP contribution in [0.2, 0.25) is 0 Å². The summed E-state index contributed by atoms with van der Waals surface area (Å²) in [6.07, 6.45) is 2.94. The molecule has 0 aliphatic carbocycles. The molecule has 2 aromatic rings. The number of hydrogen-bond acceptors (Lipinski definition) is 4. The van der Waals surface area contributed by atoms with E-state index in [1.807, 2.05) is 30.3 Å². The minimum Gasteiger partial charge on any atom is -0.493 e. The SMILES string of the molecule is COc1ccc(NC(=O)C(C)NC(=O)C=Cc2ccccc2)cc1OC(F)F. The molecule has 1 atom stereocenters. The molecule has 0 heterocycles. The normalized spacial score (nSPS) is 11.9. The molecule has 2 amide bonds. The van der Waals surface area contributed by atoms with Gasteiger partial charge in [0.2, 0.25) is 11.8 Å².